The van der Waals surface area contributed by atoms with E-state index < -0.39 is 0 Å². The lowest BCUT2D eigenvalue weighted by Gasteiger charge is -2.41. The summed E-state index contributed by atoms with van der Waals surface area (Å²) in [6.45, 7) is 7.12. The first-order valence-electron chi connectivity index (χ1n) is 8.40. The van der Waals surface area contributed by atoms with Gasteiger partial charge in [0, 0.05) is 32.3 Å². The Labute approximate surface area is 118 Å². The Kier molecular flexibility index (Phi) is 4.78. The molecule has 0 spiro atoms. The lowest BCUT2D eigenvalue weighted by atomic mass is 9.79. The fraction of sp³-hybridized carbons (Fsp3) is 1.00. The molecule has 2 aliphatic heterocycles. The lowest BCUT2D eigenvalue weighted by Crippen LogP contribution is -2.48. The molecule has 2 saturated heterocycles. The quantitative estimate of drug-likeness (QED) is 0.827. The molecule has 0 unspecified atom stereocenters. The highest BCUT2D eigenvalue weighted by atomic mass is 16.5. The second-order valence-electron chi connectivity index (χ2n) is 6.96. The number of nitrogens with zero attached hydrogens (tertiary/aromatic N) is 1. The maximum atomic E-state index is 5.61. The Morgan fingerprint density at radius 2 is 1.68 bits per heavy atom. The predicted octanol–water partition coefficient (Wildman–Crippen LogP) is 2.41. The van der Waals surface area contributed by atoms with Gasteiger partial charge in [0.1, 0.15) is 0 Å². The second-order valence-corrected chi connectivity index (χ2v) is 6.96. The molecule has 0 aromatic rings. The summed E-state index contributed by atoms with van der Waals surface area (Å²) < 4.78 is 5.61. The van der Waals surface area contributed by atoms with Gasteiger partial charge in [-0.3, -0.25) is 0 Å². The topological polar surface area (TPSA) is 24.5 Å². The van der Waals surface area contributed by atoms with Crippen LogP contribution in [-0.2, 0) is 4.74 Å². The molecule has 3 rings (SSSR count). The van der Waals surface area contributed by atoms with Crippen molar-refractivity contribution in [1.82, 2.24) is 10.2 Å². The molecule has 2 heterocycles. The summed E-state index contributed by atoms with van der Waals surface area (Å²) in [6, 6.07) is 0.837. The van der Waals surface area contributed by atoms with Crippen LogP contribution < -0.4 is 5.32 Å². The predicted molar refractivity (Wildman–Crippen MR) is 78.4 cm³/mol. The molecular formula is C16H30N2O. The molecule has 3 nitrogen and oxygen atoms in total. The number of hydrogen-bond donors (Lipinski definition) is 1. The molecule has 110 valence electrons. The van der Waals surface area contributed by atoms with E-state index in [9.17, 15) is 0 Å². The van der Waals surface area contributed by atoms with Crippen molar-refractivity contribution >= 4 is 0 Å². The van der Waals surface area contributed by atoms with Crippen molar-refractivity contribution in [3.63, 3.8) is 0 Å². The number of likely N-dealkylation sites (tertiary alicyclic amines) is 1. The van der Waals surface area contributed by atoms with Crippen molar-refractivity contribution in [3.05, 3.63) is 0 Å². The average Bonchev–Trinajstić information content (AvgIpc) is 3.26. The van der Waals surface area contributed by atoms with E-state index in [1.165, 1.54) is 77.5 Å². The highest BCUT2D eigenvalue weighted by Crippen LogP contribution is 2.33. The van der Waals surface area contributed by atoms with Gasteiger partial charge in [0.05, 0.1) is 0 Å². The monoisotopic (exact) mass is 266 g/mol. The summed E-state index contributed by atoms with van der Waals surface area (Å²) in [5.41, 5.74) is 0.491. The van der Waals surface area contributed by atoms with Gasteiger partial charge in [0.25, 0.3) is 0 Å². The third kappa shape index (κ3) is 4.17. The van der Waals surface area contributed by atoms with E-state index in [2.05, 4.69) is 10.2 Å². The average molecular weight is 266 g/mol. The molecule has 3 fully saturated rings. The number of ether oxygens (including phenoxy) is 1. The van der Waals surface area contributed by atoms with Crippen LogP contribution in [0, 0.1) is 5.41 Å². The largest absolute Gasteiger partial charge is 0.381 e. The maximum absolute atomic E-state index is 5.61. The molecule has 1 N–H and O–H groups in total. The first-order valence-corrected chi connectivity index (χ1v) is 8.40. The Morgan fingerprint density at radius 1 is 1.00 bits per heavy atom. The Bertz CT molecular complexity index is 264. The molecule has 0 bridgehead atoms. The Morgan fingerprint density at radius 3 is 2.32 bits per heavy atom. The summed E-state index contributed by atoms with van der Waals surface area (Å²) in [5, 5.41) is 3.79. The molecule has 19 heavy (non-hydrogen) atoms. The van der Waals surface area contributed by atoms with Gasteiger partial charge in [-0.25, -0.2) is 0 Å². The molecule has 0 radical (unpaired) electrons. The molecule has 0 aromatic heterocycles. The fourth-order valence-electron chi connectivity index (χ4n) is 3.61. The van der Waals surface area contributed by atoms with E-state index in [1.807, 2.05) is 0 Å². The van der Waals surface area contributed by atoms with Gasteiger partial charge in [-0.15, -0.1) is 0 Å². The minimum atomic E-state index is 0.491. The molecular weight excluding hydrogens is 236 g/mol. The molecule has 3 aliphatic rings. The van der Waals surface area contributed by atoms with Crippen LogP contribution in [0.3, 0.4) is 0 Å². The minimum Gasteiger partial charge on any atom is -0.381 e. The summed E-state index contributed by atoms with van der Waals surface area (Å²) in [6.07, 6.45) is 11.0. The van der Waals surface area contributed by atoms with Crippen molar-refractivity contribution in [1.29, 1.82) is 0 Å². The van der Waals surface area contributed by atoms with Crippen LogP contribution in [-0.4, -0.2) is 50.3 Å². The van der Waals surface area contributed by atoms with E-state index in [1.54, 1.807) is 0 Å². The van der Waals surface area contributed by atoms with Gasteiger partial charge in [0.2, 0.25) is 0 Å². The Balaban J connectivity index is 1.56. The van der Waals surface area contributed by atoms with Gasteiger partial charge < -0.3 is 15.0 Å². The van der Waals surface area contributed by atoms with Crippen molar-refractivity contribution in [2.45, 2.75) is 57.4 Å². The van der Waals surface area contributed by atoms with Crippen LogP contribution in [0.4, 0.5) is 0 Å². The summed E-state index contributed by atoms with van der Waals surface area (Å²) in [5.74, 6) is 0. The normalized spacial score (nSPS) is 29.1. The van der Waals surface area contributed by atoms with Crippen LogP contribution in [0.5, 0.6) is 0 Å². The molecule has 1 aliphatic carbocycles. The van der Waals surface area contributed by atoms with Crippen LogP contribution >= 0.6 is 0 Å². The lowest BCUT2D eigenvalue weighted by molar-refractivity contribution is -0.00409. The number of hydrogen-bond acceptors (Lipinski definition) is 3. The van der Waals surface area contributed by atoms with E-state index in [0.717, 1.165) is 19.3 Å². The Hall–Kier alpha value is -0.120. The highest BCUT2D eigenvalue weighted by Gasteiger charge is 2.36. The van der Waals surface area contributed by atoms with Crippen LogP contribution in [0.15, 0.2) is 0 Å². The third-order valence-electron chi connectivity index (χ3n) is 5.15. The molecule has 3 heteroatoms. The van der Waals surface area contributed by atoms with Gasteiger partial charge >= 0.3 is 0 Å². The van der Waals surface area contributed by atoms with E-state index in [0.29, 0.717) is 5.41 Å². The zero-order valence-electron chi connectivity index (χ0n) is 12.3. The fourth-order valence-corrected chi connectivity index (χ4v) is 3.61. The summed E-state index contributed by atoms with van der Waals surface area (Å²) >= 11 is 0. The zero-order chi connectivity index (χ0) is 13.0. The number of nitrogens with one attached hydrogen (secondary N) is 1. The van der Waals surface area contributed by atoms with Crippen molar-refractivity contribution in [2.75, 3.05) is 39.4 Å². The third-order valence-corrected chi connectivity index (χ3v) is 5.15. The number of rotatable bonds is 5. The van der Waals surface area contributed by atoms with Gasteiger partial charge in [0.15, 0.2) is 0 Å². The second kappa shape index (κ2) is 6.55. The highest BCUT2D eigenvalue weighted by molar-refractivity contribution is 4.91. The van der Waals surface area contributed by atoms with Crippen LogP contribution in [0.25, 0.3) is 0 Å². The first kappa shape index (κ1) is 13.8. The molecule has 1 saturated carbocycles. The van der Waals surface area contributed by atoms with Gasteiger partial charge in [-0.2, -0.15) is 0 Å². The maximum Gasteiger partial charge on any atom is 0.0472 e. The standard InChI is InChI=1S/C16H30N2O/c1-2-4-10-18(9-3-1)14-16(7-11-19-12-8-16)13-17-15-5-6-15/h15,17H,1-14H2. The SMILES string of the molecule is C1CCCN(CC2(CNC3CC3)CCOCC2)CC1. The van der Waals surface area contributed by atoms with E-state index in [4.69, 9.17) is 4.74 Å². The summed E-state index contributed by atoms with van der Waals surface area (Å²) in [4.78, 5) is 2.74. The van der Waals surface area contributed by atoms with Crippen molar-refractivity contribution in [2.24, 2.45) is 5.41 Å². The van der Waals surface area contributed by atoms with Gasteiger partial charge in [-0.1, -0.05) is 12.8 Å². The van der Waals surface area contributed by atoms with Crippen LogP contribution in [0.1, 0.15) is 51.4 Å². The van der Waals surface area contributed by atoms with E-state index in [-0.39, 0.29) is 0 Å². The first-order chi connectivity index (χ1) is 9.36. The molecule has 0 atom stereocenters. The summed E-state index contributed by atoms with van der Waals surface area (Å²) in [7, 11) is 0. The smallest absolute Gasteiger partial charge is 0.0472 e. The van der Waals surface area contributed by atoms with E-state index >= 15 is 0 Å². The minimum absolute atomic E-state index is 0.491. The zero-order valence-corrected chi connectivity index (χ0v) is 12.3. The van der Waals surface area contributed by atoms with Crippen molar-refractivity contribution < 1.29 is 4.74 Å². The molecule has 0 amide bonds. The van der Waals surface area contributed by atoms with Crippen molar-refractivity contribution in [3.8, 4) is 0 Å². The molecule has 0 aromatic carbocycles. The van der Waals surface area contributed by atoms with Gasteiger partial charge in [-0.05, 0) is 57.0 Å². The van der Waals surface area contributed by atoms with Crippen LogP contribution in [0.2, 0.25) is 0 Å².